The first-order chi connectivity index (χ1) is 20.2. The number of amides is 1. The smallest absolute Gasteiger partial charge is 0.509 e. The van der Waals surface area contributed by atoms with Crippen molar-refractivity contribution in [2.75, 3.05) is 11.4 Å². The molecule has 1 aromatic carbocycles. The molecule has 2 heterocycles. The van der Waals surface area contributed by atoms with Crippen LogP contribution in [0.5, 0.6) is 5.75 Å². The lowest BCUT2D eigenvalue weighted by atomic mass is 9.98. The van der Waals surface area contributed by atoms with Gasteiger partial charge < -0.3 is 28.5 Å². The van der Waals surface area contributed by atoms with E-state index in [1.165, 1.54) is 11.0 Å². The fraction of sp³-hybridized carbons (Fsp3) is 0.606. The molecule has 3 rings (SSSR count). The molecule has 0 radical (unpaired) electrons. The summed E-state index contributed by atoms with van der Waals surface area (Å²) in [6.07, 6.45) is 2.20. The van der Waals surface area contributed by atoms with Gasteiger partial charge in [-0.3, -0.25) is 4.90 Å². The number of anilines is 1. The van der Waals surface area contributed by atoms with Crippen LogP contribution >= 0.6 is 0 Å². The molecule has 10 nitrogen and oxygen atoms in total. The van der Waals surface area contributed by atoms with E-state index in [1.54, 1.807) is 58.1 Å². The Labute approximate surface area is 262 Å². The molecule has 2 aliphatic rings. The number of benzene rings is 1. The number of hydrogen-bond acceptors (Lipinski definition) is 9. The van der Waals surface area contributed by atoms with E-state index in [9.17, 15) is 19.5 Å². The topological polar surface area (TPSA) is 121 Å². The summed E-state index contributed by atoms with van der Waals surface area (Å²) in [5.41, 5.74) is 0.455. The molecular weight excluding hydrogens is 582 g/mol. The number of carbonyl (C=O) groups excluding carboxylic acids is 3. The highest BCUT2D eigenvalue weighted by Crippen LogP contribution is 2.41. The molecule has 0 aliphatic carbocycles. The van der Waals surface area contributed by atoms with Gasteiger partial charge in [0.15, 0.2) is 6.10 Å². The maximum atomic E-state index is 14.0. The monoisotopic (exact) mass is 631 g/mol. The SMILES string of the molecule is CCN(C(=O)OC(C)(C)C)c1cc2c(c(O[Si](C)(C)C(C)(C)C)c1)C(=O)O[C@@H](C)[C@H](C)C=C[C@@H](O)[C@H]1OC(=O)O[C@H]1CC=C2. The molecule has 1 amide bonds. The lowest BCUT2D eigenvalue weighted by Gasteiger charge is -2.37. The third-order valence-corrected chi connectivity index (χ3v) is 12.6. The summed E-state index contributed by atoms with van der Waals surface area (Å²) in [6, 6.07) is 3.43. The van der Waals surface area contributed by atoms with Crippen molar-refractivity contribution >= 4 is 38.3 Å². The largest absolute Gasteiger partial charge is 0.543 e. The Balaban J connectivity index is 2.25. The van der Waals surface area contributed by atoms with E-state index in [1.807, 2.05) is 13.8 Å². The number of cyclic esters (lactones) is 1. The molecule has 1 aromatic rings. The summed E-state index contributed by atoms with van der Waals surface area (Å²) < 4.78 is 29.0. The fourth-order valence-corrected chi connectivity index (χ4v) is 5.48. The van der Waals surface area contributed by atoms with E-state index in [2.05, 4.69) is 33.9 Å². The number of aliphatic hydroxyl groups excluding tert-OH is 1. The lowest BCUT2D eigenvalue weighted by molar-refractivity contribution is 0.0254. The minimum atomic E-state index is -2.50. The van der Waals surface area contributed by atoms with Gasteiger partial charge >= 0.3 is 18.2 Å². The van der Waals surface area contributed by atoms with Gasteiger partial charge in [0, 0.05) is 24.9 Å². The highest BCUT2D eigenvalue weighted by Gasteiger charge is 2.42. The van der Waals surface area contributed by atoms with E-state index < -0.39 is 56.6 Å². The quantitative estimate of drug-likeness (QED) is 0.158. The molecule has 0 saturated carbocycles. The second-order valence-corrected chi connectivity index (χ2v) is 18.7. The number of hydrogen-bond donors (Lipinski definition) is 1. The van der Waals surface area contributed by atoms with Crippen LogP contribution < -0.4 is 9.33 Å². The Morgan fingerprint density at radius 2 is 1.70 bits per heavy atom. The molecule has 244 valence electrons. The average Bonchev–Trinajstić information content (AvgIpc) is 3.25. The van der Waals surface area contributed by atoms with Gasteiger partial charge in [-0.2, -0.15) is 0 Å². The minimum Gasteiger partial charge on any atom is -0.543 e. The highest BCUT2D eigenvalue weighted by molar-refractivity contribution is 6.74. The van der Waals surface area contributed by atoms with Crippen LogP contribution in [0.25, 0.3) is 6.08 Å². The van der Waals surface area contributed by atoms with Crippen molar-refractivity contribution < 1.29 is 42.9 Å². The minimum absolute atomic E-state index is 0.193. The number of aliphatic hydroxyl groups is 1. The Kier molecular flexibility index (Phi) is 10.7. The predicted molar refractivity (Wildman–Crippen MR) is 172 cm³/mol. The van der Waals surface area contributed by atoms with Crippen LogP contribution in [0.4, 0.5) is 15.3 Å². The van der Waals surface area contributed by atoms with Crippen molar-refractivity contribution in [3.63, 3.8) is 0 Å². The second-order valence-electron chi connectivity index (χ2n) is 14.0. The molecule has 1 saturated heterocycles. The van der Waals surface area contributed by atoms with Crippen LogP contribution in [0.15, 0.2) is 30.4 Å². The Hall–Kier alpha value is -3.31. The van der Waals surface area contributed by atoms with Crippen LogP contribution in [-0.2, 0) is 18.9 Å². The lowest BCUT2D eigenvalue weighted by Crippen LogP contribution is -2.44. The number of ether oxygens (including phenoxy) is 4. The van der Waals surface area contributed by atoms with Crippen molar-refractivity contribution in [3.05, 3.63) is 41.5 Å². The van der Waals surface area contributed by atoms with E-state index in [4.69, 9.17) is 23.4 Å². The number of nitrogens with zero attached hydrogens (tertiary/aromatic N) is 1. The third kappa shape index (κ3) is 8.44. The summed E-state index contributed by atoms with van der Waals surface area (Å²) in [5.74, 6) is -0.546. The van der Waals surface area contributed by atoms with Gasteiger partial charge in [0.05, 0.1) is 5.69 Å². The zero-order valence-corrected chi connectivity index (χ0v) is 28.9. The number of carbonyl (C=O) groups is 3. The summed E-state index contributed by atoms with van der Waals surface area (Å²) in [5, 5.41) is 10.6. The molecule has 0 unspecified atom stereocenters. The second kappa shape index (κ2) is 13.4. The molecular formula is C33H49NO9Si. The van der Waals surface area contributed by atoms with E-state index in [0.717, 1.165) is 0 Å². The van der Waals surface area contributed by atoms with Gasteiger partial charge in [0.1, 0.15) is 35.2 Å². The van der Waals surface area contributed by atoms with Gasteiger partial charge in [0.2, 0.25) is 0 Å². The fourth-order valence-electron chi connectivity index (χ4n) is 4.47. The summed E-state index contributed by atoms with van der Waals surface area (Å²) in [6.45, 7) is 21.6. The van der Waals surface area contributed by atoms with Gasteiger partial charge in [-0.1, -0.05) is 52.0 Å². The molecule has 11 heteroatoms. The molecule has 0 aromatic heterocycles. The van der Waals surface area contributed by atoms with Crippen molar-refractivity contribution in [3.8, 4) is 5.75 Å². The standard InChI is InChI=1S/C33H49NO9Si/c1-12-34(30(37)42-32(4,5)6)23-18-22-14-13-15-25-28(41-31(38)40-25)24(35)17-16-20(2)21(3)39-29(36)27(22)26(19-23)43-44(10,11)33(7,8)9/h13-14,16-21,24-25,28,35H,12,15H2,1-11H3/t20-,21+,24-,25+,28-/m1/s1. The van der Waals surface area contributed by atoms with Crippen molar-refractivity contribution in [2.24, 2.45) is 5.92 Å². The molecule has 2 aliphatic heterocycles. The number of fused-ring (bicyclic) bond motifs is 2. The normalized spacial score (nSPS) is 24.7. The zero-order valence-electron chi connectivity index (χ0n) is 27.9. The van der Waals surface area contributed by atoms with Gasteiger partial charge in [-0.05, 0) is 64.4 Å². The molecule has 1 fully saturated rings. The number of esters is 1. The molecule has 0 spiro atoms. The maximum Gasteiger partial charge on any atom is 0.509 e. The van der Waals surface area contributed by atoms with E-state index >= 15 is 0 Å². The Morgan fingerprint density at radius 1 is 1.05 bits per heavy atom. The summed E-state index contributed by atoms with van der Waals surface area (Å²) in [4.78, 5) is 40.7. The zero-order chi connectivity index (χ0) is 33.2. The summed E-state index contributed by atoms with van der Waals surface area (Å²) >= 11 is 0. The predicted octanol–water partition coefficient (Wildman–Crippen LogP) is 7.25. The average molecular weight is 632 g/mol. The van der Waals surface area contributed by atoms with Crippen LogP contribution in [0.1, 0.15) is 84.7 Å². The van der Waals surface area contributed by atoms with E-state index in [0.29, 0.717) is 23.5 Å². The first-order valence-electron chi connectivity index (χ1n) is 15.2. The maximum absolute atomic E-state index is 14.0. The number of rotatable bonds is 4. The molecule has 5 atom stereocenters. The molecule has 44 heavy (non-hydrogen) atoms. The Bertz CT molecular complexity index is 1290. The van der Waals surface area contributed by atoms with Gasteiger partial charge in [0.25, 0.3) is 8.32 Å². The van der Waals surface area contributed by atoms with Crippen LogP contribution in [-0.4, -0.2) is 68.2 Å². The first-order valence-corrected chi connectivity index (χ1v) is 18.1. The Morgan fingerprint density at radius 3 is 2.30 bits per heavy atom. The van der Waals surface area contributed by atoms with Crippen LogP contribution in [0.2, 0.25) is 18.1 Å². The van der Waals surface area contributed by atoms with Crippen molar-refractivity contribution in [1.29, 1.82) is 0 Å². The summed E-state index contributed by atoms with van der Waals surface area (Å²) in [7, 11) is -2.50. The van der Waals surface area contributed by atoms with Crippen molar-refractivity contribution in [1.82, 2.24) is 0 Å². The first kappa shape index (κ1) is 35.2. The van der Waals surface area contributed by atoms with Crippen molar-refractivity contribution in [2.45, 2.75) is 117 Å². The van der Waals surface area contributed by atoms with Crippen LogP contribution in [0, 0.1) is 5.92 Å². The van der Waals surface area contributed by atoms with E-state index in [-0.39, 0.29) is 22.9 Å². The van der Waals surface area contributed by atoms with Gasteiger partial charge in [-0.25, -0.2) is 14.4 Å². The third-order valence-electron chi connectivity index (χ3n) is 8.23. The van der Waals surface area contributed by atoms with Crippen LogP contribution in [0.3, 0.4) is 0 Å². The van der Waals surface area contributed by atoms with Gasteiger partial charge in [-0.15, -0.1) is 0 Å². The molecule has 1 N–H and O–H groups in total. The molecule has 0 bridgehead atoms. The highest BCUT2D eigenvalue weighted by atomic mass is 28.4.